The Balaban J connectivity index is 2.89. The highest BCUT2D eigenvalue weighted by atomic mass is 16.4. The van der Waals surface area contributed by atoms with Gasteiger partial charge in [0, 0.05) is 19.0 Å². The van der Waals surface area contributed by atoms with Crippen LogP contribution in [-0.4, -0.2) is 69.2 Å². The van der Waals surface area contributed by atoms with Crippen LogP contribution in [0, 0.1) is 0 Å². The number of nitrogens with zero attached hydrogens (tertiary/aromatic N) is 2. The summed E-state index contributed by atoms with van der Waals surface area (Å²) in [5, 5.41) is 18.5. The summed E-state index contributed by atoms with van der Waals surface area (Å²) in [5.41, 5.74) is 5.07. The van der Waals surface area contributed by atoms with Crippen molar-refractivity contribution >= 4 is 17.9 Å². The largest absolute Gasteiger partial charge is 0.480 e. The summed E-state index contributed by atoms with van der Waals surface area (Å²) in [6.45, 7) is 3.06. The third kappa shape index (κ3) is 3.57. The Labute approximate surface area is 110 Å². The second kappa shape index (κ2) is 5.87. The van der Waals surface area contributed by atoms with E-state index in [4.69, 9.17) is 10.8 Å². The van der Waals surface area contributed by atoms with E-state index in [-0.39, 0.29) is 25.6 Å². The van der Waals surface area contributed by atoms with Crippen molar-refractivity contribution < 1.29 is 24.6 Å². The minimum absolute atomic E-state index is 0.0103. The van der Waals surface area contributed by atoms with Gasteiger partial charge in [-0.05, 0) is 13.8 Å². The summed E-state index contributed by atoms with van der Waals surface area (Å²) in [6.07, 6.45) is -0.878. The van der Waals surface area contributed by atoms with Crippen molar-refractivity contribution in [3.63, 3.8) is 0 Å². The molecule has 1 heterocycles. The number of amides is 3. The Morgan fingerprint density at radius 1 is 1.42 bits per heavy atom. The van der Waals surface area contributed by atoms with Crippen LogP contribution in [0.15, 0.2) is 0 Å². The number of aliphatic carboxylic acids is 1. The lowest BCUT2D eigenvalue weighted by atomic mass is 10.2. The number of carboxylic acid groups (broad SMARTS) is 1. The number of carbonyl (C=O) groups excluding carboxylic acids is 2. The monoisotopic (exact) mass is 273 g/mol. The molecule has 0 radical (unpaired) electrons. The molecule has 1 saturated heterocycles. The van der Waals surface area contributed by atoms with Crippen LogP contribution in [0.4, 0.5) is 4.79 Å². The first kappa shape index (κ1) is 15.2. The molecule has 1 aliphatic rings. The Morgan fingerprint density at radius 2 is 2.00 bits per heavy atom. The van der Waals surface area contributed by atoms with E-state index in [1.807, 2.05) is 0 Å². The molecule has 1 rings (SSSR count). The van der Waals surface area contributed by atoms with Gasteiger partial charge in [-0.25, -0.2) is 9.59 Å². The highest BCUT2D eigenvalue weighted by molar-refractivity contribution is 5.87. The van der Waals surface area contributed by atoms with Gasteiger partial charge < -0.3 is 25.7 Å². The van der Waals surface area contributed by atoms with Gasteiger partial charge in [0.2, 0.25) is 5.91 Å². The first-order valence-electron chi connectivity index (χ1n) is 6.00. The van der Waals surface area contributed by atoms with Gasteiger partial charge in [0.25, 0.3) is 0 Å². The zero-order valence-electron chi connectivity index (χ0n) is 10.9. The number of likely N-dealkylation sites (tertiary alicyclic amines) is 1. The van der Waals surface area contributed by atoms with E-state index in [9.17, 15) is 19.5 Å². The van der Waals surface area contributed by atoms with Gasteiger partial charge >= 0.3 is 12.0 Å². The number of carboxylic acids is 1. The molecule has 3 amide bonds. The SMILES string of the molecule is CC(C)N(CC(N)=O)C(=O)N1CC(O)CC1C(=O)O. The van der Waals surface area contributed by atoms with Crippen LogP contribution in [-0.2, 0) is 9.59 Å². The summed E-state index contributed by atoms with van der Waals surface area (Å²) in [6, 6.07) is -1.97. The maximum absolute atomic E-state index is 12.3. The highest BCUT2D eigenvalue weighted by Crippen LogP contribution is 2.20. The van der Waals surface area contributed by atoms with Crippen LogP contribution in [0.3, 0.4) is 0 Å². The fraction of sp³-hybridized carbons (Fsp3) is 0.727. The predicted molar refractivity (Wildman–Crippen MR) is 65.2 cm³/mol. The summed E-state index contributed by atoms with van der Waals surface area (Å²) in [4.78, 5) is 36.5. The van der Waals surface area contributed by atoms with Gasteiger partial charge in [-0.3, -0.25) is 4.79 Å². The van der Waals surface area contributed by atoms with Crippen molar-refractivity contribution in [3.8, 4) is 0 Å². The van der Waals surface area contributed by atoms with E-state index < -0.39 is 30.1 Å². The average Bonchev–Trinajstić information content (AvgIpc) is 2.67. The summed E-state index contributed by atoms with van der Waals surface area (Å²) in [7, 11) is 0. The number of rotatable bonds is 4. The second-order valence-electron chi connectivity index (χ2n) is 4.87. The predicted octanol–water partition coefficient (Wildman–Crippen LogP) is -1.18. The van der Waals surface area contributed by atoms with E-state index in [1.165, 1.54) is 4.90 Å². The van der Waals surface area contributed by atoms with Crippen molar-refractivity contribution in [1.82, 2.24) is 9.80 Å². The Hall–Kier alpha value is -1.83. The third-order valence-electron chi connectivity index (χ3n) is 3.00. The Kier molecular flexibility index (Phi) is 4.71. The maximum atomic E-state index is 12.3. The zero-order chi connectivity index (χ0) is 14.7. The number of carbonyl (C=O) groups is 3. The molecule has 1 fully saturated rings. The van der Waals surface area contributed by atoms with Gasteiger partial charge in [0.05, 0.1) is 6.10 Å². The van der Waals surface area contributed by atoms with Crippen molar-refractivity contribution in [2.45, 2.75) is 38.5 Å². The topological polar surface area (TPSA) is 124 Å². The fourth-order valence-electron chi connectivity index (χ4n) is 2.06. The molecule has 0 aromatic carbocycles. The quantitative estimate of drug-likeness (QED) is 0.595. The molecule has 0 aromatic rings. The Bertz CT molecular complexity index is 385. The molecule has 8 heteroatoms. The van der Waals surface area contributed by atoms with E-state index in [2.05, 4.69) is 0 Å². The number of hydrogen-bond acceptors (Lipinski definition) is 4. The molecule has 1 aliphatic heterocycles. The summed E-state index contributed by atoms with van der Waals surface area (Å²) in [5.74, 6) is -1.85. The maximum Gasteiger partial charge on any atom is 0.326 e. The van der Waals surface area contributed by atoms with E-state index >= 15 is 0 Å². The molecule has 108 valence electrons. The van der Waals surface area contributed by atoms with E-state index in [1.54, 1.807) is 13.8 Å². The van der Waals surface area contributed by atoms with Gasteiger partial charge in [0.1, 0.15) is 12.6 Å². The number of primary amides is 1. The zero-order valence-corrected chi connectivity index (χ0v) is 10.9. The summed E-state index contributed by atoms with van der Waals surface area (Å²) >= 11 is 0. The lowest BCUT2D eigenvalue weighted by Crippen LogP contribution is -2.52. The van der Waals surface area contributed by atoms with Crippen LogP contribution in [0.5, 0.6) is 0 Å². The number of hydrogen-bond donors (Lipinski definition) is 3. The lowest BCUT2D eigenvalue weighted by Gasteiger charge is -2.32. The third-order valence-corrected chi connectivity index (χ3v) is 3.00. The van der Waals surface area contributed by atoms with Crippen molar-refractivity contribution in [3.05, 3.63) is 0 Å². The molecule has 0 bridgehead atoms. The number of aliphatic hydroxyl groups excluding tert-OH is 1. The van der Waals surface area contributed by atoms with Gasteiger partial charge in [0.15, 0.2) is 0 Å². The fourth-order valence-corrected chi connectivity index (χ4v) is 2.06. The molecule has 2 atom stereocenters. The number of β-amino-alcohol motifs (C(OH)–C–C–N with tert-alkyl or cyclic N) is 1. The van der Waals surface area contributed by atoms with Crippen molar-refractivity contribution in [1.29, 1.82) is 0 Å². The first-order chi connectivity index (χ1) is 8.73. The van der Waals surface area contributed by atoms with Crippen molar-refractivity contribution in [2.75, 3.05) is 13.1 Å². The molecule has 0 spiro atoms. The molecule has 8 nitrogen and oxygen atoms in total. The molecular weight excluding hydrogens is 254 g/mol. The van der Waals surface area contributed by atoms with E-state index in [0.29, 0.717) is 0 Å². The number of urea groups is 1. The van der Waals surface area contributed by atoms with Crippen LogP contribution in [0.1, 0.15) is 20.3 Å². The number of nitrogens with two attached hydrogens (primary N) is 1. The standard InChI is InChI=1S/C11H19N3O5/c1-6(2)13(5-9(12)16)11(19)14-4-7(15)3-8(14)10(17)18/h6-8,15H,3-5H2,1-2H3,(H2,12,16)(H,17,18). The second-order valence-corrected chi connectivity index (χ2v) is 4.87. The Morgan fingerprint density at radius 3 is 2.42 bits per heavy atom. The molecule has 4 N–H and O–H groups in total. The molecule has 0 aliphatic carbocycles. The van der Waals surface area contributed by atoms with Crippen molar-refractivity contribution in [2.24, 2.45) is 5.73 Å². The van der Waals surface area contributed by atoms with Crippen LogP contribution in [0.25, 0.3) is 0 Å². The molecule has 2 unspecified atom stereocenters. The average molecular weight is 273 g/mol. The molecule has 0 aromatic heterocycles. The summed E-state index contributed by atoms with van der Waals surface area (Å²) < 4.78 is 0. The van der Waals surface area contributed by atoms with Crippen LogP contribution >= 0.6 is 0 Å². The normalized spacial score (nSPS) is 22.6. The van der Waals surface area contributed by atoms with Crippen LogP contribution in [0.2, 0.25) is 0 Å². The highest BCUT2D eigenvalue weighted by Gasteiger charge is 2.41. The molecule has 19 heavy (non-hydrogen) atoms. The van der Waals surface area contributed by atoms with Gasteiger partial charge in [-0.2, -0.15) is 0 Å². The molecular formula is C11H19N3O5. The van der Waals surface area contributed by atoms with E-state index in [0.717, 1.165) is 4.90 Å². The minimum Gasteiger partial charge on any atom is -0.480 e. The van der Waals surface area contributed by atoms with Crippen LogP contribution < -0.4 is 5.73 Å². The lowest BCUT2D eigenvalue weighted by molar-refractivity contribution is -0.141. The van der Waals surface area contributed by atoms with Gasteiger partial charge in [-0.15, -0.1) is 0 Å². The number of aliphatic hydroxyl groups is 1. The first-order valence-corrected chi connectivity index (χ1v) is 6.00. The smallest absolute Gasteiger partial charge is 0.326 e. The molecule has 0 saturated carbocycles. The minimum atomic E-state index is -1.17. The van der Waals surface area contributed by atoms with Gasteiger partial charge in [-0.1, -0.05) is 0 Å².